The maximum atomic E-state index is 12.7. The van der Waals surface area contributed by atoms with Crippen LogP contribution in [0.25, 0.3) is 0 Å². The van der Waals surface area contributed by atoms with Crippen LogP contribution in [-0.4, -0.2) is 0 Å². The Kier molecular flexibility index (Phi) is 8.29. The Bertz CT molecular complexity index is 481. The van der Waals surface area contributed by atoms with E-state index in [-0.39, 0.29) is 0 Å². The van der Waals surface area contributed by atoms with Crippen molar-refractivity contribution >= 4 is 0 Å². The second kappa shape index (κ2) is 10.5. The molecule has 0 N–H and O–H groups in total. The summed E-state index contributed by atoms with van der Waals surface area (Å²) in [5, 5.41) is 8.38. The quantitative estimate of drug-likeness (QED) is 0.296. The maximum absolute atomic E-state index is 12.7. The summed E-state index contributed by atoms with van der Waals surface area (Å²) in [5.41, 5.74) is 0. The Morgan fingerprint density at radius 3 is 1.92 bits per heavy atom. The van der Waals surface area contributed by atoms with E-state index in [1.807, 2.05) is 0 Å². The van der Waals surface area contributed by atoms with E-state index in [4.69, 9.17) is 5.26 Å². The summed E-state index contributed by atoms with van der Waals surface area (Å²) in [6, 6.07) is 1.50. The molecule has 2 heteroatoms. The molecule has 2 saturated carbocycles. The van der Waals surface area contributed by atoms with Gasteiger partial charge in [-0.3, -0.25) is 0 Å². The molecule has 2 aliphatic carbocycles. The molecule has 0 bridgehead atoms. The summed E-state index contributed by atoms with van der Waals surface area (Å²) in [5.74, 6) is 2.37. The number of rotatable bonds is 6. The van der Waals surface area contributed by atoms with Gasteiger partial charge in [0.1, 0.15) is 6.07 Å². The zero-order valence-corrected chi connectivity index (χ0v) is 15.1. The van der Waals surface area contributed by atoms with Gasteiger partial charge in [-0.2, -0.15) is 9.65 Å². The van der Waals surface area contributed by atoms with Gasteiger partial charge in [-0.15, -0.1) is 0 Å². The number of allylic oxidation sites excluding steroid dienone is 6. The Balaban J connectivity index is 1.67. The predicted molar refractivity (Wildman–Crippen MR) is 98.9 cm³/mol. The third-order valence-electron chi connectivity index (χ3n) is 5.79. The fourth-order valence-corrected chi connectivity index (χ4v) is 4.26. The highest BCUT2D eigenvalue weighted by Gasteiger charge is 2.20. The van der Waals surface area contributed by atoms with Crippen molar-refractivity contribution in [1.29, 1.82) is 5.26 Å². The van der Waals surface area contributed by atoms with Gasteiger partial charge in [-0.25, -0.2) is 0 Å². The average Bonchev–Trinajstić information content (AvgIpc) is 2.62. The van der Waals surface area contributed by atoms with Crippen molar-refractivity contribution in [2.24, 2.45) is 23.7 Å². The van der Waals surface area contributed by atoms with E-state index < -0.39 is 5.83 Å². The molecule has 0 unspecified atom stereocenters. The van der Waals surface area contributed by atoms with Crippen molar-refractivity contribution in [2.75, 3.05) is 0 Å². The molecule has 0 aromatic heterocycles. The van der Waals surface area contributed by atoms with Gasteiger partial charge in [-0.05, 0) is 81.1 Å². The highest BCUT2D eigenvalue weighted by Crippen LogP contribution is 2.34. The number of halogens is 1. The second-order valence-electron chi connectivity index (χ2n) is 7.64. The zero-order valence-electron chi connectivity index (χ0n) is 15.1. The normalized spacial score (nSPS) is 32.3. The SMILES string of the molecule is CCCC1CCC(/C=C/C2CCC(C=CC=C(F)C#N)CC2)CC1. The van der Waals surface area contributed by atoms with Crippen LogP contribution in [0, 0.1) is 35.0 Å². The summed E-state index contributed by atoms with van der Waals surface area (Å²) < 4.78 is 12.7. The van der Waals surface area contributed by atoms with Crippen LogP contribution in [0.4, 0.5) is 4.39 Å². The zero-order chi connectivity index (χ0) is 17.2. The van der Waals surface area contributed by atoms with Gasteiger partial charge < -0.3 is 0 Å². The number of hydrogen-bond acceptors (Lipinski definition) is 1. The first-order valence-electron chi connectivity index (χ1n) is 9.83. The van der Waals surface area contributed by atoms with Gasteiger partial charge >= 0.3 is 0 Å². The first-order chi connectivity index (χ1) is 11.7. The lowest BCUT2D eigenvalue weighted by molar-refractivity contribution is 0.292. The van der Waals surface area contributed by atoms with Gasteiger partial charge in [0.25, 0.3) is 0 Å². The fourth-order valence-electron chi connectivity index (χ4n) is 4.26. The molecule has 2 fully saturated rings. The van der Waals surface area contributed by atoms with Crippen LogP contribution in [0.3, 0.4) is 0 Å². The molecule has 2 rings (SSSR count). The molecule has 0 aliphatic heterocycles. The molecule has 132 valence electrons. The Morgan fingerprint density at radius 1 is 0.917 bits per heavy atom. The predicted octanol–water partition coefficient (Wildman–Crippen LogP) is 6.89. The van der Waals surface area contributed by atoms with Crippen LogP contribution < -0.4 is 0 Å². The lowest BCUT2D eigenvalue weighted by Gasteiger charge is -2.28. The first kappa shape index (κ1) is 19.0. The topological polar surface area (TPSA) is 23.8 Å². The Labute approximate surface area is 147 Å². The molecule has 24 heavy (non-hydrogen) atoms. The molecule has 0 saturated heterocycles. The van der Waals surface area contributed by atoms with E-state index >= 15 is 0 Å². The van der Waals surface area contributed by atoms with Crippen LogP contribution in [0.5, 0.6) is 0 Å². The van der Waals surface area contributed by atoms with Crippen molar-refractivity contribution in [3.05, 3.63) is 36.2 Å². The summed E-state index contributed by atoms with van der Waals surface area (Å²) >= 11 is 0. The smallest absolute Gasteiger partial charge is 0.195 e. The molecule has 0 amide bonds. The number of nitriles is 1. The Hall–Kier alpha value is -1.36. The lowest BCUT2D eigenvalue weighted by atomic mass is 9.78. The summed E-state index contributed by atoms with van der Waals surface area (Å²) in [4.78, 5) is 0. The summed E-state index contributed by atoms with van der Waals surface area (Å²) in [6.07, 6.45) is 23.2. The minimum absolute atomic E-state index is 0.543. The van der Waals surface area contributed by atoms with E-state index in [1.165, 1.54) is 76.4 Å². The molecular weight excluding hydrogens is 297 g/mol. The van der Waals surface area contributed by atoms with Gasteiger partial charge in [-0.1, -0.05) is 44.1 Å². The molecule has 0 heterocycles. The van der Waals surface area contributed by atoms with Crippen LogP contribution in [0.2, 0.25) is 0 Å². The number of hydrogen-bond donors (Lipinski definition) is 0. The van der Waals surface area contributed by atoms with E-state index in [9.17, 15) is 4.39 Å². The van der Waals surface area contributed by atoms with Crippen LogP contribution in [0.1, 0.15) is 71.1 Å². The molecular formula is C22H32FN. The first-order valence-corrected chi connectivity index (χ1v) is 9.83. The molecule has 0 aromatic rings. The molecule has 0 aromatic carbocycles. The van der Waals surface area contributed by atoms with Crippen molar-refractivity contribution in [1.82, 2.24) is 0 Å². The monoisotopic (exact) mass is 329 g/mol. The highest BCUT2D eigenvalue weighted by atomic mass is 19.1. The third-order valence-corrected chi connectivity index (χ3v) is 5.79. The minimum atomic E-state index is -0.712. The van der Waals surface area contributed by atoms with Crippen molar-refractivity contribution < 1.29 is 4.39 Å². The van der Waals surface area contributed by atoms with Gasteiger partial charge in [0.15, 0.2) is 5.83 Å². The van der Waals surface area contributed by atoms with E-state index in [2.05, 4.69) is 25.2 Å². The number of nitrogens with zero attached hydrogens (tertiary/aromatic N) is 1. The molecule has 0 radical (unpaired) electrons. The van der Waals surface area contributed by atoms with Gasteiger partial charge in [0.05, 0.1) is 0 Å². The van der Waals surface area contributed by atoms with E-state index in [0.29, 0.717) is 5.92 Å². The largest absolute Gasteiger partial charge is 0.199 e. The van der Waals surface area contributed by atoms with Crippen molar-refractivity contribution in [3.63, 3.8) is 0 Å². The van der Waals surface area contributed by atoms with Gasteiger partial charge in [0.2, 0.25) is 0 Å². The molecule has 0 spiro atoms. The highest BCUT2D eigenvalue weighted by molar-refractivity contribution is 5.19. The van der Waals surface area contributed by atoms with E-state index in [1.54, 1.807) is 6.08 Å². The van der Waals surface area contributed by atoms with E-state index in [0.717, 1.165) is 17.8 Å². The second-order valence-corrected chi connectivity index (χ2v) is 7.64. The lowest BCUT2D eigenvalue weighted by Crippen LogP contribution is -2.14. The van der Waals surface area contributed by atoms with Crippen LogP contribution >= 0.6 is 0 Å². The van der Waals surface area contributed by atoms with Crippen molar-refractivity contribution in [2.45, 2.75) is 71.1 Å². The summed E-state index contributed by atoms with van der Waals surface area (Å²) in [6.45, 7) is 2.30. The maximum Gasteiger partial charge on any atom is 0.199 e. The molecule has 2 aliphatic rings. The van der Waals surface area contributed by atoms with Crippen LogP contribution in [-0.2, 0) is 0 Å². The average molecular weight is 330 g/mol. The summed E-state index contributed by atoms with van der Waals surface area (Å²) in [7, 11) is 0. The minimum Gasteiger partial charge on any atom is -0.195 e. The third kappa shape index (κ3) is 6.63. The molecule has 1 nitrogen and oxygen atoms in total. The standard InChI is InChI=1S/C22H32FN/c1-2-4-18-7-11-20(12-8-18)15-16-21-13-9-19(10-14-21)5-3-6-22(23)17-24/h3,5-6,15-16,18-21H,2,4,7-14H2,1H3/b5-3?,16-15+,22-6?. The van der Waals surface area contributed by atoms with Crippen LogP contribution in [0.15, 0.2) is 36.2 Å². The fraction of sp³-hybridized carbons (Fsp3) is 0.682. The van der Waals surface area contributed by atoms with Gasteiger partial charge in [0, 0.05) is 0 Å². The molecule has 0 atom stereocenters. The van der Waals surface area contributed by atoms with Crippen molar-refractivity contribution in [3.8, 4) is 6.07 Å². The Morgan fingerprint density at radius 2 is 1.42 bits per heavy atom.